The molecule has 1 aliphatic heterocycles. The van der Waals surface area contributed by atoms with Gasteiger partial charge in [0.05, 0.1) is 6.04 Å². The van der Waals surface area contributed by atoms with Crippen molar-refractivity contribution in [3.8, 4) is 0 Å². The van der Waals surface area contributed by atoms with Gasteiger partial charge in [-0.15, -0.1) is 0 Å². The molecule has 1 amide bonds. The highest BCUT2D eigenvalue weighted by Gasteiger charge is 2.34. The summed E-state index contributed by atoms with van der Waals surface area (Å²) < 4.78 is 1.75. The van der Waals surface area contributed by atoms with E-state index in [0.29, 0.717) is 18.7 Å². The molecule has 1 aromatic rings. The van der Waals surface area contributed by atoms with Crippen LogP contribution in [0.3, 0.4) is 0 Å². The van der Waals surface area contributed by atoms with Gasteiger partial charge in [0.25, 0.3) is 5.91 Å². The Kier molecular flexibility index (Phi) is 4.98. The first-order chi connectivity index (χ1) is 10.1. The highest BCUT2D eigenvalue weighted by molar-refractivity contribution is 5.95. The van der Waals surface area contributed by atoms with E-state index in [9.17, 15) is 14.7 Å². The molecule has 2 rings (SSSR count). The average molecular weight is 293 g/mol. The van der Waals surface area contributed by atoms with E-state index < -0.39 is 12.0 Å². The first-order valence-corrected chi connectivity index (χ1v) is 7.67. The van der Waals surface area contributed by atoms with Gasteiger partial charge in [-0.1, -0.05) is 13.8 Å². The molecule has 6 heteroatoms. The lowest BCUT2D eigenvalue weighted by Gasteiger charge is -2.33. The lowest BCUT2D eigenvalue weighted by Crippen LogP contribution is -2.48. The summed E-state index contributed by atoms with van der Waals surface area (Å²) in [5.41, 5.74) is 0.497. The SMILES string of the molecule is CCC(CC)n1nccc1C(=O)N1CCCC[C@@H]1C(=O)O. The van der Waals surface area contributed by atoms with Crippen LogP contribution in [0.2, 0.25) is 0 Å². The zero-order valence-corrected chi connectivity index (χ0v) is 12.7. The molecule has 0 aromatic carbocycles. The number of nitrogens with zero attached hydrogens (tertiary/aromatic N) is 3. The van der Waals surface area contributed by atoms with Crippen LogP contribution in [0.4, 0.5) is 0 Å². The van der Waals surface area contributed by atoms with Crippen LogP contribution >= 0.6 is 0 Å². The second kappa shape index (κ2) is 6.74. The van der Waals surface area contributed by atoms with Crippen LogP contribution in [0.5, 0.6) is 0 Å². The number of carboxylic acid groups (broad SMARTS) is 1. The van der Waals surface area contributed by atoms with Gasteiger partial charge in [-0.3, -0.25) is 9.48 Å². The minimum Gasteiger partial charge on any atom is -0.480 e. The Labute approximate surface area is 124 Å². The number of hydrogen-bond donors (Lipinski definition) is 1. The van der Waals surface area contributed by atoms with E-state index in [2.05, 4.69) is 18.9 Å². The van der Waals surface area contributed by atoms with E-state index in [1.807, 2.05) is 0 Å². The van der Waals surface area contributed by atoms with E-state index in [4.69, 9.17) is 0 Å². The van der Waals surface area contributed by atoms with Crippen molar-refractivity contribution in [2.24, 2.45) is 0 Å². The minimum atomic E-state index is -0.920. The fraction of sp³-hybridized carbons (Fsp3) is 0.667. The standard InChI is InChI=1S/C15H23N3O3/c1-3-11(4-2)18-12(8-9-16-18)14(19)17-10-6-5-7-13(17)15(20)21/h8-9,11,13H,3-7,10H2,1-2H3,(H,20,21)/t13-/m1/s1. The normalized spacial score (nSPS) is 19.0. The third kappa shape index (κ3) is 3.09. The Hall–Kier alpha value is -1.85. The third-order valence-corrected chi connectivity index (χ3v) is 4.23. The fourth-order valence-corrected chi connectivity index (χ4v) is 2.99. The third-order valence-electron chi connectivity index (χ3n) is 4.23. The van der Waals surface area contributed by atoms with Gasteiger partial charge in [0, 0.05) is 12.7 Å². The van der Waals surface area contributed by atoms with Crippen molar-refractivity contribution in [2.45, 2.75) is 58.0 Å². The fourth-order valence-electron chi connectivity index (χ4n) is 2.99. The summed E-state index contributed by atoms with van der Waals surface area (Å²) >= 11 is 0. The van der Waals surface area contributed by atoms with Gasteiger partial charge in [-0.25, -0.2) is 4.79 Å². The van der Waals surface area contributed by atoms with Crippen LogP contribution in [-0.4, -0.2) is 44.3 Å². The molecule has 0 radical (unpaired) electrons. The molecule has 0 unspecified atom stereocenters. The molecular formula is C15H23N3O3. The predicted octanol–water partition coefficient (Wildman–Crippen LogP) is 2.32. The number of hydrogen-bond acceptors (Lipinski definition) is 3. The maximum Gasteiger partial charge on any atom is 0.326 e. The topological polar surface area (TPSA) is 75.4 Å². The zero-order valence-electron chi connectivity index (χ0n) is 12.7. The number of carboxylic acids is 1. The van der Waals surface area contributed by atoms with Gasteiger partial charge >= 0.3 is 5.97 Å². The van der Waals surface area contributed by atoms with Crippen molar-refractivity contribution in [1.29, 1.82) is 0 Å². The number of carbonyl (C=O) groups excluding carboxylic acids is 1. The van der Waals surface area contributed by atoms with Crippen LogP contribution < -0.4 is 0 Å². The Morgan fingerprint density at radius 2 is 2.10 bits per heavy atom. The second-order valence-electron chi connectivity index (χ2n) is 5.48. The maximum atomic E-state index is 12.7. The monoisotopic (exact) mass is 293 g/mol. The Bertz CT molecular complexity index is 508. The lowest BCUT2D eigenvalue weighted by atomic mass is 10.0. The summed E-state index contributed by atoms with van der Waals surface area (Å²) in [6.07, 6.45) is 5.63. The molecule has 21 heavy (non-hydrogen) atoms. The van der Waals surface area contributed by atoms with Crippen LogP contribution in [0, 0.1) is 0 Å². The van der Waals surface area contributed by atoms with Gasteiger partial charge in [0.1, 0.15) is 11.7 Å². The molecule has 0 spiro atoms. The molecule has 2 heterocycles. The molecule has 1 fully saturated rings. The summed E-state index contributed by atoms with van der Waals surface area (Å²) in [5.74, 6) is -1.14. The molecule has 116 valence electrons. The minimum absolute atomic E-state index is 0.173. The summed E-state index contributed by atoms with van der Waals surface area (Å²) in [7, 11) is 0. The second-order valence-corrected chi connectivity index (χ2v) is 5.48. The maximum absolute atomic E-state index is 12.7. The average Bonchev–Trinajstić information content (AvgIpc) is 2.97. The largest absolute Gasteiger partial charge is 0.480 e. The quantitative estimate of drug-likeness (QED) is 0.904. The number of piperidine rings is 1. The van der Waals surface area contributed by atoms with E-state index >= 15 is 0 Å². The van der Waals surface area contributed by atoms with E-state index in [1.165, 1.54) is 4.90 Å². The number of carbonyl (C=O) groups is 2. The summed E-state index contributed by atoms with van der Waals surface area (Å²) in [5, 5.41) is 13.6. The Morgan fingerprint density at radius 1 is 1.38 bits per heavy atom. The van der Waals surface area contributed by atoms with Crippen molar-refractivity contribution in [2.75, 3.05) is 6.54 Å². The molecule has 0 saturated carbocycles. The van der Waals surface area contributed by atoms with E-state index in [-0.39, 0.29) is 11.9 Å². The number of likely N-dealkylation sites (tertiary alicyclic amines) is 1. The van der Waals surface area contributed by atoms with Crippen molar-refractivity contribution < 1.29 is 14.7 Å². The number of amides is 1. The molecule has 1 N–H and O–H groups in total. The van der Waals surface area contributed by atoms with Gasteiger partial charge in [-0.05, 0) is 38.2 Å². The first-order valence-electron chi connectivity index (χ1n) is 7.67. The number of aliphatic carboxylic acids is 1. The molecular weight excluding hydrogens is 270 g/mol. The molecule has 1 atom stereocenters. The highest BCUT2D eigenvalue weighted by Crippen LogP contribution is 2.22. The Balaban J connectivity index is 2.27. The summed E-state index contributed by atoms with van der Waals surface area (Å²) in [6, 6.07) is 1.15. The molecule has 1 saturated heterocycles. The summed E-state index contributed by atoms with van der Waals surface area (Å²) in [4.78, 5) is 25.6. The lowest BCUT2D eigenvalue weighted by molar-refractivity contribution is -0.143. The van der Waals surface area contributed by atoms with Crippen molar-refractivity contribution in [3.05, 3.63) is 18.0 Å². The number of rotatable bonds is 5. The molecule has 0 aliphatic carbocycles. The van der Waals surface area contributed by atoms with E-state index in [0.717, 1.165) is 25.7 Å². The highest BCUT2D eigenvalue weighted by atomic mass is 16.4. The van der Waals surface area contributed by atoms with Crippen LogP contribution in [-0.2, 0) is 4.79 Å². The van der Waals surface area contributed by atoms with Crippen molar-refractivity contribution in [1.82, 2.24) is 14.7 Å². The first kappa shape index (κ1) is 15.5. The number of aromatic nitrogens is 2. The van der Waals surface area contributed by atoms with Crippen LogP contribution in [0.1, 0.15) is 62.5 Å². The molecule has 1 aromatic heterocycles. The van der Waals surface area contributed by atoms with Crippen molar-refractivity contribution in [3.63, 3.8) is 0 Å². The van der Waals surface area contributed by atoms with Crippen LogP contribution in [0.15, 0.2) is 12.3 Å². The molecule has 0 bridgehead atoms. The summed E-state index contributed by atoms with van der Waals surface area (Å²) in [6.45, 7) is 4.62. The van der Waals surface area contributed by atoms with Gasteiger partial charge in [-0.2, -0.15) is 5.10 Å². The molecule has 6 nitrogen and oxygen atoms in total. The van der Waals surface area contributed by atoms with Gasteiger partial charge in [0.2, 0.25) is 0 Å². The predicted molar refractivity (Wildman–Crippen MR) is 78.2 cm³/mol. The van der Waals surface area contributed by atoms with E-state index in [1.54, 1.807) is 16.9 Å². The van der Waals surface area contributed by atoms with Crippen molar-refractivity contribution >= 4 is 11.9 Å². The van der Waals surface area contributed by atoms with Gasteiger partial charge < -0.3 is 10.0 Å². The Morgan fingerprint density at radius 3 is 2.71 bits per heavy atom. The van der Waals surface area contributed by atoms with Crippen LogP contribution in [0.25, 0.3) is 0 Å². The zero-order chi connectivity index (χ0) is 15.4. The van der Waals surface area contributed by atoms with Gasteiger partial charge in [0.15, 0.2) is 0 Å². The molecule has 1 aliphatic rings. The smallest absolute Gasteiger partial charge is 0.326 e.